The fourth-order valence-corrected chi connectivity index (χ4v) is 3.57. The molecule has 142 valence electrons. The van der Waals surface area contributed by atoms with Gasteiger partial charge in [0.25, 0.3) is 0 Å². The summed E-state index contributed by atoms with van der Waals surface area (Å²) < 4.78 is 86.8. The zero-order valence-electron chi connectivity index (χ0n) is 11.8. The van der Waals surface area contributed by atoms with Gasteiger partial charge in [-0.2, -0.15) is 18.4 Å². The van der Waals surface area contributed by atoms with Crippen LogP contribution in [0.3, 0.4) is 0 Å². The van der Waals surface area contributed by atoms with Crippen LogP contribution in [0.2, 0.25) is 10.0 Å². The van der Waals surface area contributed by atoms with Gasteiger partial charge in [0.1, 0.15) is 21.9 Å². The van der Waals surface area contributed by atoms with Crippen LogP contribution in [0.5, 0.6) is 0 Å². The number of rotatable bonds is 4. The van der Waals surface area contributed by atoms with Crippen molar-refractivity contribution in [2.24, 2.45) is 0 Å². The Morgan fingerprint density at radius 1 is 1.19 bits per heavy atom. The van der Waals surface area contributed by atoms with Gasteiger partial charge in [-0.25, -0.2) is 0 Å². The minimum absolute atomic E-state index is 0.448. The van der Waals surface area contributed by atoms with E-state index in [2.05, 4.69) is 21.2 Å². The van der Waals surface area contributed by atoms with Crippen LogP contribution in [0.25, 0.3) is 0 Å². The van der Waals surface area contributed by atoms with Gasteiger partial charge in [0.15, 0.2) is 5.71 Å². The predicted octanol–water partition coefficient (Wildman–Crippen LogP) is 5.80. The number of alkyl halides is 6. The van der Waals surface area contributed by atoms with Gasteiger partial charge in [0, 0.05) is 0 Å². The molecule has 1 aromatic rings. The summed E-state index contributed by atoms with van der Waals surface area (Å²) in [6, 6.07) is 2.02. The van der Waals surface area contributed by atoms with Crippen LogP contribution < -0.4 is 5.32 Å². The summed E-state index contributed by atoms with van der Waals surface area (Å²) in [5.41, 5.74) is -8.25. The highest BCUT2D eigenvalue weighted by atomic mass is 79.9. The van der Waals surface area contributed by atoms with E-state index in [-0.39, 0.29) is 0 Å². The van der Waals surface area contributed by atoms with Gasteiger partial charge in [0.2, 0.25) is 4.91 Å². The van der Waals surface area contributed by atoms with Crippen molar-refractivity contribution in [2.45, 2.75) is 11.7 Å². The van der Waals surface area contributed by atoms with Crippen LogP contribution in [0.4, 0.5) is 32.0 Å². The Morgan fingerprint density at radius 2 is 1.65 bits per heavy atom. The first kappa shape index (κ1) is 22.9. The molecule has 26 heavy (non-hydrogen) atoms. The second kappa shape index (κ2) is 8.26. The summed E-state index contributed by atoms with van der Waals surface area (Å²) in [7, 11) is 0. The van der Waals surface area contributed by atoms with Gasteiger partial charge < -0.3 is 9.87 Å². The monoisotopic (exact) mass is 501 g/mol. The molecule has 0 aliphatic rings. The number of nitrogens with one attached hydrogen (secondary N) is 2. The average molecular weight is 503 g/mol. The lowest BCUT2D eigenvalue weighted by Gasteiger charge is -2.17. The number of hydrogen-bond acceptors (Lipinski definition) is 4. The van der Waals surface area contributed by atoms with Crippen LogP contribution in [0, 0.1) is 16.7 Å². The van der Waals surface area contributed by atoms with Crippen molar-refractivity contribution in [1.29, 1.82) is 10.7 Å². The SMILES string of the molecule is N#CC(=N)/C(=C(/Br)Nc1c(Cl)cc(C(F)(F)F)cc1Cl)[S+]([O-])C(F)(F)F. The standard InChI is InChI=1S/C12H4BrCl2F6N3OS/c13-10(9(7(23)3-22)26(25)12(19,20)21)24-8-5(14)1-4(2-6(8)15)11(16,17)18/h1-2,23-24H/b10-9+,23-7?. The second-order valence-corrected chi connectivity index (χ2v) is 7.30. The number of hydrogen-bond donors (Lipinski definition) is 2. The molecule has 1 aromatic carbocycles. The van der Waals surface area contributed by atoms with Crippen molar-refractivity contribution in [3.63, 3.8) is 0 Å². The predicted molar refractivity (Wildman–Crippen MR) is 88.6 cm³/mol. The van der Waals surface area contributed by atoms with E-state index < -0.39 is 59.4 Å². The number of allylic oxidation sites excluding steroid dienone is 1. The van der Waals surface area contributed by atoms with E-state index in [1.807, 2.05) is 0 Å². The van der Waals surface area contributed by atoms with Crippen LogP contribution >= 0.6 is 39.1 Å². The lowest BCUT2D eigenvalue weighted by molar-refractivity contribution is -0.137. The van der Waals surface area contributed by atoms with Crippen molar-refractivity contribution < 1.29 is 30.9 Å². The minimum atomic E-state index is -5.30. The number of anilines is 1. The van der Waals surface area contributed by atoms with Gasteiger partial charge in [-0.05, 0) is 28.1 Å². The maximum atomic E-state index is 12.7. The number of nitriles is 1. The van der Waals surface area contributed by atoms with Crippen LogP contribution in [0.1, 0.15) is 5.56 Å². The molecule has 1 rings (SSSR count). The van der Waals surface area contributed by atoms with Gasteiger partial charge >= 0.3 is 11.7 Å². The first-order valence-electron chi connectivity index (χ1n) is 5.90. The number of benzene rings is 1. The lowest BCUT2D eigenvalue weighted by Crippen LogP contribution is -2.29. The Bertz CT molecular complexity index is 783. The minimum Gasteiger partial charge on any atom is -0.604 e. The summed E-state index contributed by atoms with van der Waals surface area (Å²) in [5.74, 6) is 0. The molecule has 4 nitrogen and oxygen atoms in total. The second-order valence-electron chi connectivity index (χ2n) is 4.28. The summed E-state index contributed by atoms with van der Waals surface area (Å²) in [6.45, 7) is 0. The zero-order chi connectivity index (χ0) is 20.4. The van der Waals surface area contributed by atoms with E-state index >= 15 is 0 Å². The fraction of sp³-hybridized carbons (Fsp3) is 0.167. The molecule has 14 heteroatoms. The summed E-state index contributed by atoms with van der Waals surface area (Å²) in [4.78, 5) is -1.29. The Labute approximate surface area is 163 Å². The van der Waals surface area contributed by atoms with E-state index in [1.54, 1.807) is 0 Å². The molecule has 0 spiro atoms. The van der Waals surface area contributed by atoms with E-state index in [1.165, 1.54) is 0 Å². The highest BCUT2D eigenvalue weighted by molar-refractivity contribution is 9.12. The van der Waals surface area contributed by atoms with Crippen molar-refractivity contribution in [1.82, 2.24) is 0 Å². The molecule has 1 unspecified atom stereocenters. The quantitative estimate of drug-likeness (QED) is 0.236. The van der Waals surface area contributed by atoms with Crippen molar-refractivity contribution in [3.8, 4) is 6.07 Å². The first-order valence-corrected chi connectivity index (χ1v) is 8.60. The Morgan fingerprint density at radius 3 is 2.00 bits per heavy atom. The Kier molecular flexibility index (Phi) is 7.28. The molecule has 2 N–H and O–H groups in total. The van der Waals surface area contributed by atoms with Crippen LogP contribution in [-0.2, 0) is 17.4 Å². The van der Waals surface area contributed by atoms with E-state index in [0.717, 1.165) is 6.07 Å². The molecule has 0 heterocycles. The summed E-state index contributed by atoms with van der Waals surface area (Å²) >= 11 is 10.1. The molecule has 0 aromatic heterocycles. The number of nitrogens with zero attached hydrogens (tertiary/aromatic N) is 1. The van der Waals surface area contributed by atoms with Gasteiger partial charge in [-0.15, -0.1) is 13.2 Å². The average Bonchev–Trinajstić information content (AvgIpc) is 2.48. The van der Waals surface area contributed by atoms with Crippen molar-refractivity contribution in [2.75, 3.05) is 5.32 Å². The summed E-state index contributed by atoms with van der Waals surface area (Å²) in [6.07, 6.45) is -4.77. The third-order valence-corrected chi connectivity index (χ3v) is 5.19. The molecule has 1 atom stereocenters. The number of halogens is 9. The molecule has 0 aliphatic carbocycles. The maximum absolute atomic E-state index is 12.7. The highest BCUT2D eigenvalue weighted by Crippen LogP contribution is 2.40. The third kappa shape index (κ3) is 5.43. The Hall–Kier alpha value is -1.13. The molecular weight excluding hydrogens is 499 g/mol. The maximum Gasteiger partial charge on any atom is 0.578 e. The molecule has 0 radical (unpaired) electrons. The lowest BCUT2D eigenvalue weighted by atomic mass is 10.2. The van der Waals surface area contributed by atoms with Crippen molar-refractivity contribution in [3.05, 3.63) is 37.3 Å². The van der Waals surface area contributed by atoms with E-state index in [4.69, 9.17) is 33.9 Å². The van der Waals surface area contributed by atoms with Crippen molar-refractivity contribution >= 4 is 61.7 Å². The van der Waals surface area contributed by atoms with Crippen LogP contribution in [0.15, 0.2) is 21.6 Å². The topological polar surface area (TPSA) is 82.7 Å². The zero-order valence-corrected chi connectivity index (χ0v) is 15.7. The third-order valence-electron chi connectivity index (χ3n) is 2.54. The largest absolute Gasteiger partial charge is 0.604 e. The van der Waals surface area contributed by atoms with Crippen LogP contribution in [-0.4, -0.2) is 15.8 Å². The normalized spacial score (nSPS) is 14.3. The first-order chi connectivity index (χ1) is 11.7. The van der Waals surface area contributed by atoms with Gasteiger partial charge in [-0.3, -0.25) is 5.41 Å². The molecule has 0 saturated carbocycles. The molecule has 0 saturated heterocycles. The molecule has 0 amide bonds. The van der Waals surface area contributed by atoms with Gasteiger partial charge in [0.05, 0.1) is 21.3 Å². The molecular formula is C12H4BrCl2F6N3OS. The van der Waals surface area contributed by atoms with E-state index in [0.29, 0.717) is 12.1 Å². The summed E-state index contributed by atoms with van der Waals surface area (Å²) in [5, 5.41) is 16.7. The van der Waals surface area contributed by atoms with Gasteiger partial charge in [-0.1, -0.05) is 23.2 Å². The fourth-order valence-electron chi connectivity index (χ4n) is 1.47. The molecule has 0 aliphatic heterocycles. The smallest absolute Gasteiger partial charge is 0.578 e. The highest BCUT2D eigenvalue weighted by Gasteiger charge is 2.50. The molecule has 0 fully saturated rings. The Balaban J connectivity index is 3.45. The molecule has 0 bridgehead atoms. The van der Waals surface area contributed by atoms with E-state index in [9.17, 15) is 30.9 Å².